The molecule has 1 aliphatic rings. The predicted molar refractivity (Wildman–Crippen MR) is 39.8 cm³/mol. The van der Waals surface area contributed by atoms with E-state index in [2.05, 4.69) is 20.8 Å². The number of rotatable bonds is 0. The molecule has 0 amide bonds. The first kappa shape index (κ1) is 6.47. The van der Waals surface area contributed by atoms with Gasteiger partial charge in [-0.2, -0.15) is 11.8 Å². The third-order valence-corrected chi connectivity index (χ3v) is 3.39. The summed E-state index contributed by atoms with van der Waals surface area (Å²) in [5.74, 6) is 1.33. The van der Waals surface area contributed by atoms with Crippen LogP contribution in [0.1, 0.15) is 27.2 Å². The van der Waals surface area contributed by atoms with Crippen molar-refractivity contribution in [3.05, 3.63) is 5.25 Å². The van der Waals surface area contributed by atoms with E-state index in [-0.39, 0.29) is 0 Å². The molecule has 0 spiro atoms. The van der Waals surface area contributed by atoms with Gasteiger partial charge in [0.1, 0.15) is 0 Å². The summed E-state index contributed by atoms with van der Waals surface area (Å²) in [4.78, 5) is 0. The van der Waals surface area contributed by atoms with Gasteiger partial charge in [-0.25, -0.2) is 0 Å². The molecule has 0 unspecified atom stereocenters. The van der Waals surface area contributed by atoms with E-state index in [0.29, 0.717) is 5.41 Å². The van der Waals surface area contributed by atoms with E-state index in [1.54, 1.807) is 5.25 Å². The summed E-state index contributed by atoms with van der Waals surface area (Å²) < 4.78 is 0. The number of hydrogen-bond donors (Lipinski definition) is 0. The molecule has 0 nitrogen and oxygen atoms in total. The Kier molecular flexibility index (Phi) is 1.57. The zero-order valence-electron chi connectivity index (χ0n) is 5.82. The molecule has 0 aromatic rings. The van der Waals surface area contributed by atoms with Gasteiger partial charge in [-0.3, -0.25) is 0 Å². The molecule has 1 rings (SSSR count). The minimum atomic E-state index is 0.532. The maximum atomic E-state index is 2.32. The molecule has 0 saturated carbocycles. The van der Waals surface area contributed by atoms with Gasteiger partial charge in [0.2, 0.25) is 0 Å². The highest BCUT2D eigenvalue weighted by molar-refractivity contribution is 8.02. The Morgan fingerprint density at radius 3 is 2.25 bits per heavy atom. The van der Waals surface area contributed by atoms with E-state index in [4.69, 9.17) is 0 Å². The lowest BCUT2D eigenvalue weighted by atomic mass is 9.87. The summed E-state index contributed by atoms with van der Waals surface area (Å²) in [6, 6.07) is 0. The van der Waals surface area contributed by atoms with Crippen LogP contribution in [-0.4, -0.2) is 5.75 Å². The monoisotopic (exact) mass is 129 g/mol. The van der Waals surface area contributed by atoms with Crippen LogP contribution in [0.4, 0.5) is 0 Å². The average molecular weight is 129 g/mol. The van der Waals surface area contributed by atoms with Gasteiger partial charge < -0.3 is 0 Å². The molecule has 0 N–H and O–H groups in total. The fourth-order valence-corrected chi connectivity index (χ4v) is 2.24. The highest BCUT2D eigenvalue weighted by Gasteiger charge is 2.31. The van der Waals surface area contributed by atoms with Crippen LogP contribution in [0.25, 0.3) is 0 Å². The highest BCUT2D eigenvalue weighted by Crippen LogP contribution is 2.47. The molecule has 1 saturated heterocycles. The molecule has 0 atom stereocenters. The molecule has 1 aliphatic heterocycles. The van der Waals surface area contributed by atoms with Crippen molar-refractivity contribution in [3.63, 3.8) is 0 Å². The van der Waals surface area contributed by atoms with Crippen molar-refractivity contribution in [2.75, 3.05) is 5.75 Å². The maximum Gasteiger partial charge on any atom is 0.0332 e. The van der Waals surface area contributed by atoms with Crippen LogP contribution in [0.5, 0.6) is 0 Å². The largest absolute Gasteiger partial charge is 0.153 e. The van der Waals surface area contributed by atoms with E-state index in [1.165, 1.54) is 12.2 Å². The summed E-state index contributed by atoms with van der Waals surface area (Å²) in [6.07, 6.45) is 1.36. The molecular formula is C7H13S. The van der Waals surface area contributed by atoms with Crippen molar-refractivity contribution in [1.29, 1.82) is 0 Å². The Morgan fingerprint density at radius 2 is 2.12 bits per heavy atom. The molecule has 0 aromatic carbocycles. The normalized spacial score (nSPS) is 28.9. The van der Waals surface area contributed by atoms with Crippen LogP contribution in [0.2, 0.25) is 0 Å². The van der Waals surface area contributed by atoms with Gasteiger partial charge in [-0.15, -0.1) is 0 Å². The van der Waals surface area contributed by atoms with Crippen LogP contribution < -0.4 is 0 Å². The molecule has 1 radical (unpaired) electrons. The zero-order chi connectivity index (χ0) is 6.20. The lowest BCUT2D eigenvalue weighted by molar-refractivity contribution is 0.429. The summed E-state index contributed by atoms with van der Waals surface area (Å²) in [5, 5.41) is 1.61. The molecule has 1 fully saturated rings. The summed E-state index contributed by atoms with van der Waals surface area (Å²) >= 11 is 2.02. The Hall–Kier alpha value is 0.350. The predicted octanol–water partition coefficient (Wildman–Crippen LogP) is 2.70. The molecule has 1 heterocycles. The molecular weight excluding hydrogens is 116 g/mol. The SMILES string of the molecule is C[C]1SCCC1(C)C. The van der Waals surface area contributed by atoms with Crippen LogP contribution in [0.3, 0.4) is 0 Å². The average Bonchev–Trinajstić information content (AvgIpc) is 1.86. The van der Waals surface area contributed by atoms with Crippen LogP contribution in [0.15, 0.2) is 0 Å². The minimum Gasteiger partial charge on any atom is -0.153 e. The lowest BCUT2D eigenvalue weighted by Crippen LogP contribution is -2.10. The Morgan fingerprint density at radius 1 is 1.50 bits per heavy atom. The quantitative estimate of drug-likeness (QED) is 0.484. The van der Waals surface area contributed by atoms with Crippen molar-refractivity contribution in [3.8, 4) is 0 Å². The van der Waals surface area contributed by atoms with Crippen molar-refractivity contribution in [1.82, 2.24) is 0 Å². The number of thioether (sulfide) groups is 1. The Bertz CT molecular complexity index is 86.4. The van der Waals surface area contributed by atoms with E-state index < -0.39 is 0 Å². The Labute approximate surface area is 56.0 Å². The fourth-order valence-electron chi connectivity index (χ4n) is 0.831. The summed E-state index contributed by atoms with van der Waals surface area (Å²) in [7, 11) is 0. The molecule has 0 aromatic heterocycles. The van der Waals surface area contributed by atoms with Crippen LogP contribution in [-0.2, 0) is 0 Å². The number of hydrogen-bond acceptors (Lipinski definition) is 1. The molecule has 0 aliphatic carbocycles. The van der Waals surface area contributed by atoms with Gasteiger partial charge in [-0.1, -0.05) is 13.8 Å². The zero-order valence-corrected chi connectivity index (χ0v) is 6.64. The standard InChI is InChI=1S/C7H13S/c1-6-7(2,3)4-5-8-6/h4-5H2,1-3H3. The van der Waals surface area contributed by atoms with Crippen molar-refractivity contribution < 1.29 is 0 Å². The first-order valence-corrected chi connectivity index (χ1v) is 4.08. The summed E-state index contributed by atoms with van der Waals surface area (Å²) in [5.41, 5.74) is 0.532. The second-order valence-electron chi connectivity index (χ2n) is 3.04. The highest BCUT2D eigenvalue weighted by atomic mass is 32.2. The minimum absolute atomic E-state index is 0.532. The van der Waals surface area contributed by atoms with E-state index in [9.17, 15) is 0 Å². The third kappa shape index (κ3) is 1.02. The first-order chi connectivity index (χ1) is 3.63. The van der Waals surface area contributed by atoms with E-state index in [0.717, 1.165) is 0 Å². The second-order valence-corrected chi connectivity index (χ2v) is 4.35. The van der Waals surface area contributed by atoms with Gasteiger partial charge in [0.15, 0.2) is 0 Å². The lowest BCUT2D eigenvalue weighted by Gasteiger charge is -2.20. The summed E-state index contributed by atoms with van der Waals surface area (Å²) in [6.45, 7) is 6.89. The van der Waals surface area contributed by atoms with Gasteiger partial charge in [0, 0.05) is 5.25 Å². The van der Waals surface area contributed by atoms with Gasteiger partial charge in [0.25, 0.3) is 0 Å². The van der Waals surface area contributed by atoms with Gasteiger partial charge in [-0.05, 0) is 24.5 Å². The molecule has 1 heteroatoms. The fraction of sp³-hybridized carbons (Fsp3) is 0.857. The molecule has 8 heavy (non-hydrogen) atoms. The van der Waals surface area contributed by atoms with Gasteiger partial charge >= 0.3 is 0 Å². The van der Waals surface area contributed by atoms with E-state index in [1.807, 2.05) is 11.8 Å². The topological polar surface area (TPSA) is 0 Å². The van der Waals surface area contributed by atoms with Crippen molar-refractivity contribution in [2.24, 2.45) is 5.41 Å². The molecule has 0 bridgehead atoms. The van der Waals surface area contributed by atoms with E-state index >= 15 is 0 Å². The van der Waals surface area contributed by atoms with Crippen LogP contribution >= 0.6 is 11.8 Å². The maximum absolute atomic E-state index is 2.32. The Balaban J connectivity index is 2.54. The first-order valence-electron chi connectivity index (χ1n) is 3.10. The van der Waals surface area contributed by atoms with Crippen LogP contribution in [0, 0.1) is 10.7 Å². The molecule has 47 valence electrons. The smallest absolute Gasteiger partial charge is 0.0332 e. The third-order valence-electron chi connectivity index (χ3n) is 2.00. The van der Waals surface area contributed by atoms with Crippen molar-refractivity contribution in [2.45, 2.75) is 27.2 Å². The second kappa shape index (κ2) is 1.94. The van der Waals surface area contributed by atoms with Gasteiger partial charge in [0.05, 0.1) is 0 Å². The van der Waals surface area contributed by atoms with Crippen molar-refractivity contribution >= 4 is 11.8 Å².